The third-order valence-electron chi connectivity index (χ3n) is 3.20. The van der Waals surface area contributed by atoms with Gasteiger partial charge in [0.1, 0.15) is 0 Å². The Morgan fingerprint density at radius 3 is 2.58 bits per heavy atom. The van der Waals surface area contributed by atoms with Crippen LogP contribution in [0.4, 0.5) is 20.2 Å². The first-order valence-corrected chi connectivity index (χ1v) is 6.82. The van der Waals surface area contributed by atoms with Crippen molar-refractivity contribution in [1.82, 2.24) is 0 Å². The highest BCUT2D eigenvalue weighted by Crippen LogP contribution is 2.35. The molecule has 0 bridgehead atoms. The highest BCUT2D eigenvalue weighted by molar-refractivity contribution is 7.10. The second-order valence-electron chi connectivity index (χ2n) is 4.42. The topological polar surface area (TPSA) is 29.3 Å². The summed E-state index contributed by atoms with van der Waals surface area (Å²) in [6.07, 6.45) is -2.53. The number of halogens is 2. The van der Waals surface area contributed by atoms with Crippen molar-refractivity contribution in [2.45, 2.75) is 19.4 Å². The molecule has 0 aliphatic heterocycles. The zero-order valence-corrected chi connectivity index (χ0v) is 11.6. The molecule has 2 rings (SSSR count). The van der Waals surface area contributed by atoms with Crippen molar-refractivity contribution in [3.8, 4) is 0 Å². The smallest absolute Gasteiger partial charge is 0.265 e. The number of alkyl halides is 2. The van der Waals surface area contributed by atoms with Gasteiger partial charge in [-0.25, -0.2) is 8.78 Å². The highest BCUT2D eigenvalue weighted by atomic mass is 32.1. The van der Waals surface area contributed by atoms with Gasteiger partial charge >= 0.3 is 0 Å². The van der Waals surface area contributed by atoms with Crippen molar-refractivity contribution in [2.24, 2.45) is 0 Å². The average molecular weight is 282 g/mol. The molecule has 0 radical (unpaired) electrons. The standard InChI is InChI=1S/C14H16F2N2S/c1-9(13-4-3-7-19-13)18(2)12-6-5-10(17)8-11(12)14(15)16/h3-9,14H,17H2,1-2H3. The van der Waals surface area contributed by atoms with Gasteiger partial charge in [-0.05, 0) is 36.6 Å². The maximum absolute atomic E-state index is 13.1. The number of hydrogen-bond donors (Lipinski definition) is 1. The predicted molar refractivity (Wildman–Crippen MR) is 76.9 cm³/mol. The summed E-state index contributed by atoms with van der Waals surface area (Å²) in [5, 5.41) is 1.98. The molecule has 2 aromatic rings. The van der Waals surface area contributed by atoms with Gasteiger partial charge in [-0.2, -0.15) is 0 Å². The normalized spacial score (nSPS) is 12.7. The van der Waals surface area contributed by atoms with Crippen molar-refractivity contribution < 1.29 is 8.78 Å². The zero-order chi connectivity index (χ0) is 14.0. The molecule has 19 heavy (non-hydrogen) atoms. The Hall–Kier alpha value is -1.62. The molecule has 1 heterocycles. The Kier molecular flexibility index (Phi) is 4.04. The molecule has 1 atom stereocenters. The van der Waals surface area contributed by atoms with Crippen LogP contribution in [-0.4, -0.2) is 7.05 Å². The Bertz CT molecular complexity index is 540. The molecule has 5 heteroatoms. The number of anilines is 2. The van der Waals surface area contributed by atoms with E-state index in [0.717, 1.165) is 4.88 Å². The van der Waals surface area contributed by atoms with Gasteiger partial charge in [0.25, 0.3) is 6.43 Å². The minimum atomic E-state index is -2.53. The van der Waals surface area contributed by atoms with E-state index in [1.807, 2.05) is 36.4 Å². The summed E-state index contributed by atoms with van der Waals surface area (Å²) in [6.45, 7) is 2.00. The van der Waals surface area contributed by atoms with E-state index in [2.05, 4.69) is 0 Å². The van der Waals surface area contributed by atoms with Gasteiger partial charge in [-0.3, -0.25) is 0 Å². The zero-order valence-electron chi connectivity index (χ0n) is 10.8. The Balaban J connectivity index is 2.35. The van der Waals surface area contributed by atoms with Crippen molar-refractivity contribution >= 4 is 22.7 Å². The van der Waals surface area contributed by atoms with E-state index < -0.39 is 6.43 Å². The highest BCUT2D eigenvalue weighted by Gasteiger charge is 2.20. The molecule has 0 spiro atoms. The van der Waals surface area contributed by atoms with Crippen molar-refractivity contribution in [2.75, 3.05) is 17.7 Å². The Labute approximate surface area is 115 Å². The van der Waals surface area contributed by atoms with Gasteiger partial charge in [-0.1, -0.05) is 6.07 Å². The van der Waals surface area contributed by atoms with Crippen LogP contribution in [0, 0.1) is 0 Å². The summed E-state index contributed by atoms with van der Waals surface area (Å²) in [4.78, 5) is 2.99. The largest absolute Gasteiger partial charge is 0.399 e. The van der Waals surface area contributed by atoms with E-state index in [9.17, 15) is 8.78 Å². The van der Waals surface area contributed by atoms with Crippen LogP contribution in [0.2, 0.25) is 0 Å². The number of thiophene rings is 1. The molecule has 0 saturated heterocycles. The van der Waals surface area contributed by atoms with Crippen molar-refractivity contribution in [3.63, 3.8) is 0 Å². The minimum absolute atomic E-state index is 0.0223. The van der Waals surface area contributed by atoms with Crippen LogP contribution in [0.15, 0.2) is 35.7 Å². The van der Waals surface area contributed by atoms with E-state index in [1.165, 1.54) is 6.07 Å². The van der Waals surface area contributed by atoms with Crippen LogP contribution in [0.25, 0.3) is 0 Å². The summed E-state index contributed by atoms with van der Waals surface area (Å²) < 4.78 is 26.2. The second kappa shape index (κ2) is 5.57. The van der Waals surface area contributed by atoms with Gasteiger partial charge in [0.2, 0.25) is 0 Å². The second-order valence-corrected chi connectivity index (χ2v) is 5.40. The molecular weight excluding hydrogens is 266 g/mol. The molecule has 1 aromatic heterocycles. The summed E-state index contributed by atoms with van der Waals surface area (Å²) in [6, 6.07) is 8.66. The monoisotopic (exact) mass is 282 g/mol. The van der Waals surface area contributed by atoms with E-state index in [0.29, 0.717) is 11.4 Å². The molecule has 0 saturated carbocycles. The fraction of sp³-hybridized carbons (Fsp3) is 0.286. The van der Waals surface area contributed by atoms with Gasteiger partial charge in [0, 0.05) is 28.9 Å². The summed E-state index contributed by atoms with van der Waals surface area (Å²) in [5.41, 5.74) is 6.44. The van der Waals surface area contributed by atoms with Gasteiger partial charge < -0.3 is 10.6 Å². The lowest BCUT2D eigenvalue weighted by atomic mass is 10.1. The number of nitrogens with zero attached hydrogens (tertiary/aromatic N) is 1. The van der Waals surface area contributed by atoms with Crippen LogP contribution in [-0.2, 0) is 0 Å². The van der Waals surface area contributed by atoms with Crippen molar-refractivity contribution in [1.29, 1.82) is 0 Å². The van der Waals surface area contributed by atoms with Crippen LogP contribution < -0.4 is 10.6 Å². The summed E-state index contributed by atoms with van der Waals surface area (Å²) in [5.74, 6) is 0. The maximum Gasteiger partial charge on any atom is 0.265 e. The van der Waals surface area contributed by atoms with E-state index in [-0.39, 0.29) is 11.6 Å². The summed E-state index contributed by atoms with van der Waals surface area (Å²) in [7, 11) is 1.82. The summed E-state index contributed by atoms with van der Waals surface area (Å²) >= 11 is 1.62. The first-order valence-electron chi connectivity index (χ1n) is 5.94. The number of hydrogen-bond acceptors (Lipinski definition) is 3. The average Bonchev–Trinajstić information content (AvgIpc) is 2.90. The number of nitrogen functional groups attached to an aromatic ring is 1. The molecule has 1 aromatic carbocycles. The predicted octanol–water partition coefficient (Wildman–Crippen LogP) is 4.47. The van der Waals surface area contributed by atoms with Crippen LogP contribution in [0.3, 0.4) is 0 Å². The van der Waals surface area contributed by atoms with Gasteiger partial charge in [-0.15, -0.1) is 11.3 Å². The quantitative estimate of drug-likeness (QED) is 0.839. The van der Waals surface area contributed by atoms with Crippen LogP contribution >= 0.6 is 11.3 Å². The molecule has 102 valence electrons. The fourth-order valence-electron chi connectivity index (χ4n) is 2.00. The fourth-order valence-corrected chi connectivity index (χ4v) is 2.82. The number of nitrogens with two attached hydrogens (primary N) is 1. The first kappa shape index (κ1) is 13.8. The molecule has 2 N–H and O–H groups in total. The minimum Gasteiger partial charge on any atom is -0.399 e. The lowest BCUT2D eigenvalue weighted by Crippen LogP contribution is -2.22. The van der Waals surface area contributed by atoms with E-state index in [1.54, 1.807) is 23.5 Å². The van der Waals surface area contributed by atoms with Crippen molar-refractivity contribution in [3.05, 3.63) is 46.2 Å². The molecule has 1 unspecified atom stereocenters. The SMILES string of the molecule is CC(c1cccs1)N(C)c1ccc(N)cc1C(F)F. The Morgan fingerprint density at radius 1 is 1.26 bits per heavy atom. The molecule has 2 nitrogen and oxygen atoms in total. The number of benzene rings is 1. The molecule has 0 aliphatic carbocycles. The molecule has 0 fully saturated rings. The maximum atomic E-state index is 13.1. The van der Waals surface area contributed by atoms with E-state index >= 15 is 0 Å². The Morgan fingerprint density at radius 2 is 2.00 bits per heavy atom. The third kappa shape index (κ3) is 2.87. The van der Waals surface area contributed by atoms with Crippen LogP contribution in [0.1, 0.15) is 29.8 Å². The lowest BCUT2D eigenvalue weighted by Gasteiger charge is -2.28. The molecule has 0 aliphatic rings. The van der Waals surface area contributed by atoms with E-state index in [4.69, 9.17) is 5.73 Å². The van der Waals surface area contributed by atoms with Gasteiger partial charge in [0.15, 0.2) is 0 Å². The molecule has 0 amide bonds. The first-order chi connectivity index (χ1) is 9.00. The lowest BCUT2D eigenvalue weighted by molar-refractivity contribution is 0.152. The van der Waals surface area contributed by atoms with Crippen LogP contribution in [0.5, 0.6) is 0 Å². The third-order valence-corrected chi connectivity index (χ3v) is 4.25. The van der Waals surface area contributed by atoms with Gasteiger partial charge in [0.05, 0.1) is 6.04 Å². The molecular formula is C14H16F2N2S. The number of rotatable bonds is 4.